The minimum atomic E-state index is -3.61. The standard InChI is InChI=1S/C33H43BrN10O3S.C19H32N4O.C14H12BrClN6O2S/c1-6-22-19-27(29(47-4)20-28(22)44-13-9-23(10-14-44)43-17-15-41(2)16-18-43)39-33-37-21-24(34)32(40-33)38-26-8-7-25-30(36-12-11-35-25)31(26)42(3)48(5,45)46;1-4-15-13-17(20)19(24-3)14-18(15)23-7-5-16(6-8-23)22-11-9-21(2)10-12-22;1-22(25(2,23)24)12-10(4-3-9-11(12)18-6-5-17-9)20-13-8(15)7-19-14(16)21-13/h7-8,11-12,19-21,23H,6,9-10,13-18H2,1-5H3,(H2,37,38,39,40);13-14,16H,4-12,20H2,1-3H3;3-7H,1-2H3,(H,19,20,21). The number of piperazine rings is 2. The molecule has 4 saturated heterocycles. The topological polar surface area (TPSA) is 278 Å². The van der Waals surface area contributed by atoms with Crippen LogP contribution in [0.25, 0.3) is 22.1 Å². The zero-order valence-corrected chi connectivity index (χ0v) is 62.2. The molecule has 0 aliphatic carbocycles. The van der Waals surface area contributed by atoms with E-state index in [1.54, 1.807) is 57.1 Å². The van der Waals surface area contributed by atoms with Crippen molar-refractivity contribution in [1.29, 1.82) is 0 Å². The number of halogens is 3. The molecule has 0 spiro atoms. The van der Waals surface area contributed by atoms with Gasteiger partial charge in [0.25, 0.3) is 0 Å². The van der Waals surface area contributed by atoms with Crippen molar-refractivity contribution in [3.8, 4) is 11.5 Å². The maximum Gasteiger partial charge on any atom is 0.232 e. The average molecular weight is 1520 g/mol. The third-order valence-electron chi connectivity index (χ3n) is 18.4. The number of benzene rings is 4. The predicted molar refractivity (Wildman–Crippen MR) is 398 cm³/mol. The van der Waals surface area contributed by atoms with Gasteiger partial charge in [0, 0.05) is 165 Å². The number of nitrogen functional groups attached to an aromatic ring is 1. The van der Waals surface area contributed by atoms with Gasteiger partial charge in [0.1, 0.15) is 45.5 Å². The Bertz CT molecular complexity index is 4290. The van der Waals surface area contributed by atoms with Crippen molar-refractivity contribution < 1.29 is 26.3 Å². The highest BCUT2D eigenvalue weighted by molar-refractivity contribution is 9.11. The van der Waals surface area contributed by atoms with Gasteiger partial charge in [-0.3, -0.25) is 38.3 Å². The average Bonchev–Trinajstić information content (AvgIpc) is 0.794. The number of nitrogens with zero attached hydrogens (tertiary/aromatic N) is 16. The molecule has 4 aromatic carbocycles. The number of piperidine rings is 2. The fourth-order valence-electron chi connectivity index (χ4n) is 12.7. The molecule has 0 atom stereocenters. The van der Waals surface area contributed by atoms with Crippen LogP contribution >= 0.6 is 43.5 Å². The molecular weight excluding hydrogens is 1430 g/mol. The largest absolute Gasteiger partial charge is 0.495 e. The van der Waals surface area contributed by atoms with Crippen molar-refractivity contribution in [1.82, 2.24) is 59.5 Å². The molecule has 5 N–H and O–H groups in total. The molecule has 4 aliphatic heterocycles. The summed E-state index contributed by atoms with van der Waals surface area (Å²) in [6.07, 6.45) is 18.2. The Morgan fingerprint density at radius 3 is 1.42 bits per heavy atom. The van der Waals surface area contributed by atoms with Gasteiger partial charge >= 0.3 is 0 Å². The molecule has 0 radical (unpaired) electrons. The number of likely N-dealkylation sites (N-methyl/N-ethyl adjacent to an activating group) is 2. The Kier molecular flexibility index (Phi) is 24.0. The van der Waals surface area contributed by atoms with E-state index in [1.165, 1.54) is 98.5 Å². The number of aryl methyl sites for hydroxylation is 2. The van der Waals surface area contributed by atoms with Crippen LogP contribution in [0.5, 0.6) is 11.5 Å². The van der Waals surface area contributed by atoms with Crippen LogP contribution in [0.2, 0.25) is 5.28 Å². The molecule has 0 amide bonds. The Balaban J connectivity index is 0.000000175. The number of ether oxygens (including phenoxy) is 2. The Hall–Kier alpha value is -7.29. The first kappa shape index (κ1) is 72.5. The summed E-state index contributed by atoms with van der Waals surface area (Å²) < 4.78 is 64.2. The maximum absolute atomic E-state index is 12.6. The SMILES string of the molecule is CCc1cc(N)c(OC)cc1N1CCC(N2CCN(C)CC2)CC1.CCc1cc(Nc2ncc(Br)c(Nc3ccc4nccnc4c3N(C)S(C)(=O)=O)n2)c(OC)cc1N1CCC(N2CCN(C)CC2)CC1.CN(c1c(Nc2nc(Cl)ncc2Br)ccc2nccnc12)S(C)(=O)=O. The lowest BCUT2D eigenvalue weighted by Gasteiger charge is -2.43. The minimum Gasteiger partial charge on any atom is -0.495 e. The van der Waals surface area contributed by atoms with Crippen LogP contribution in [-0.2, 0) is 32.9 Å². The summed E-state index contributed by atoms with van der Waals surface area (Å²) in [6, 6.07) is 16.8. The number of aromatic nitrogens is 8. The Morgan fingerprint density at radius 2 is 0.979 bits per heavy atom. The Morgan fingerprint density at radius 1 is 0.557 bits per heavy atom. The minimum absolute atomic E-state index is 0.0595. The van der Waals surface area contributed by atoms with E-state index in [0.717, 1.165) is 118 Å². The first-order valence-electron chi connectivity index (χ1n) is 32.3. The molecule has 0 saturated carbocycles. The zero-order valence-electron chi connectivity index (χ0n) is 56.6. The summed E-state index contributed by atoms with van der Waals surface area (Å²) in [4.78, 5) is 49.7. The summed E-state index contributed by atoms with van der Waals surface area (Å²) in [5, 5.41) is 9.78. The molecule has 4 aliphatic rings. The highest BCUT2D eigenvalue weighted by atomic mass is 79.9. The van der Waals surface area contributed by atoms with Crippen LogP contribution in [0.15, 0.2) is 94.7 Å². The number of hydrogen-bond donors (Lipinski definition) is 4. The molecule has 520 valence electrons. The van der Waals surface area contributed by atoms with Gasteiger partial charge < -0.3 is 50.8 Å². The fraction of sp³-hybridized carbons (Fsp3) is 0.455. The van der Waals surface area contributed by atoms with E-state index in [4.69, 9.17) is 31.8 Å². The third-order valence-corrected chi connectivity index (χ3v) is 22.1. The number of methoxy groups -OCH3 is 2. The summed E-state index contributed by atoms with van der Waals surface area (Å²) in [6.45, 7) is 18.1. The second kappa shape index (κ2) is 32.1. The summed E-state index contributed by atoms with van der Waals surface area (Å²) in [5.74, 6) is 2.68. The van der Waals surface area contributed by atoms with E-state index >= 15 is 0 Å². The van der Waals surface area contributed by atoms with Crippen molar-refractivity contribution in [2.75, 3.05) is 174 Å². The number of sulfonamides is 2. The maximum atomic E-state index is 12.6. The van der Waals surface area contributed by atoms with Crippen molar-refractivity contribution in [3.63, 3.8) is 0 Å². The summed E-state index contributed by atoms with van der Waals surface area (Å²) in [7, 11) is 3.60. The van der Waals surface area contributed by atoms with E-state index in [1.807, 2.05) is 0 Å². The molecular formula is C66H87Br2ClN20O6S2. The van der Waals surface area contributed by atoms with E-state index in [9.17, 15) is 16.8 Å². The first-order valence-corrected chi connectivity index (χ1v) is 38.0. The van der Waals surface area contributed by atoms with E-state index in [2.05, 4.69) is 164 Å². The van der Waals surface area contributed by atoms with Crippen LogP contribution in [0.1, 0.15) is 50.7 Å². The van der Waals surface area contributed by atoms with Gasteiger partial charge in [-0.05, 0) is 144 Å². The molecule has 26 nitrogen and oxygen atoms in total. The zero-order chi connectivity index (χ0) is 69.3. The quantitative estimate of drug-likeness (QED) is 0.0459. The molecule has 12 rings (SSSR count). The molecule has 0 bridgehead atoms. The Labute approximate surface area is 591 Å². The van der Waals surface area contributed by atoms with Gasteiger partial charge in [-0.25, -0.2) is 26.8 Å². The lowest BCUT2D eigenvalue weighted by Crippen LogP contribution is -2.52. The second-order valence-electron chi connectivity index (χ2n) is 24.6. The number of nitrogens with two attached hydrogens (primary N) is 1. The van der Waals surface area contributed by atoms with Crippen molar-refractivity contribution in [2.24, 2.45) is 0 Å². The number of nitrogens with one attached hydrogen (secondary N) is 3. The van der Waals surface area contributed by atoms with E-state index in [0.29, 0.717) is 83.1 Å². The van der Waals surface area contributed by atoms with Crippen molar-refractivity contribution in [3.05, 3.63) is 111 Å². The fourth-order valence-corrected chi connectivity index (χ4v) is 14.4. The smallest absolute Gasteiger partial charge is 0.232 e. The molecule has 31 heteroatoms. The van der Waals surface area contributed by atoms with Gasteiger partial charge in [0.05, 0.1) is 69.5 Å². The summed E-state index contributed by atoms with van der Waals surface area (Å²) >= 11 is 12.7. The number of anilines is 11. The monoisotopic (exact) mass is 1510 g/mol. The van der Waals surface area contributed by atoms with Gasteiger partial charge in [-0.1, -0.05) is 13.8 Å². The van der Waals surface area contributed by atoms with Crippen molar-refractivity contribution >= 4 is 149 Å². The molecule has 8 aromatic rings. The van der Waals surface area contributed by atoms with Crippen molar-refractivity contribution in [2.45, 2.75) is 64.5 Å². The predicted octanol–water partition coefficient (Wildman–Crippen LogP) is 9.88. The number of rotatable bonds is 18. The second-order valence-corrected chi connectivity index (χ2v) is 30.6. The first-order chi connectivity index (χ1) is 46.4. The molecule has 4 aromatic heterocycles. The van der Waals surface area contributed by atoms with Gasteiger partial charge in [0.15, 0.2) is 0 Å². The van der Waals surface area contributed by atoms with Crippen LogP contribution in [-0.4, -0.2) is 222 Å². The van der Waals surface area contributed by atoms with Crippen LogP contribution in [0, 0.1) is 0 Å². The lowest BCUT2D eigenvalue weighted by molar-refractivity contribution is 0.0982. The van der Waals surface area contributed by atoms with Gasteiger partial charge in [-0.15, -0.1) is 0 Å². The number of fused-ring (bicyclic) bond motifs is 2. The third kappa shape index (κ3) is 17.6. The molecule has 0 unspecified atom stereocenters. The van der Waals surface area contributed by atoms with E-state index < -0.39 is 20.0 Å². The van der Waals surface area contributed by atoms with Crippen LogP contribution in [0.4, 0.5) is 63.1 Å². The highest BCUT2D eigenvalue weighted by Crippen LogP contribution is 2.41. The lowest BCUT2D eigenvalue weighted by atomic mass is 9.99. The molecule has 8 heterocycles. The molecule has 4 fully saturated rings. The highest BCUT2D eigenvalue weighted by Gasteiger charge is 2.31. The number of hydrogen-bond acceptors (Lipinski definition) is 24. The van der Waals surface area contributed by atoms with Crippen LogP contribution < -0.4 is 49.6 Å². The van der Waals surface area contributed by atoms with Gasteiger partial charge in [0.2, 0.25) is 31.3 Å². The van der Waals surface area contributed by atoms with Crippen LogP contribution in [0.3, 0.4) is 0 Å². The normalized spacial score (nSPS) is 16.5. The summed E-state index contributed by atoms with van der Waals surface area (Å²) in [5.41, 5.74) is 16.4. The van der Waals surface area contributed by atoms with E-state index in [-0.39, 0.29) is 5.28 Å². The van der Waals surface area contributed by atoms with Gasteiger partial charge in [-0.2, -0.15) is 9.97 Å². The molecule has 97 heavy (non-hydrogen) atoms.